The zero-order valence-corrected chi connectivity index (χ0v) is 15.7. The second-order valence-electron chi connectivity index (χ2n) is 7.30. The van der Waals surface area contributed by atoms with Crippen LogP contribution >= 0.6 is 15.9 Å². The van der Waals surface area contributed by atoms with Crippen molar-refractivity contribution in [2.45, 2.75) is 47.1 Å². The third kappa shape index (κ3) is 1.49. The van der Waals surface area contributed by atoms with Gasteiger partial charge in [-0.3, -0.25) is 0 Å². The number of esters is 1. The largest absolute Gasteiger partial charge is 0.454 e. The minimum Gasteiger partial charge on any atom is -0.454 e. The Morgan fingerprint density at radius 1 is 1.09 bits per heavy atom. The highest BCUT2D eigenvalue weighted by atomic mass is 79.9. The number of benzene rings is 1. The number of halogens is 1. The second-order valence-corrected chi connectivity index (χ2v) is 8.22. The number of ether oxygens (including phenoxy) is 1. The number of carbonyl (C=O) groups is 1. The van der Waals surface area contributed by atoms with Gasteiger partial charge in [0.25, 0.3) is 0 Å². The molecule has 3 heteroatoms. The summed E-state index contributed by atoms with van der Waals surface area (Å²) >= 11 is 3.39. The van der Waals surface area contributed by atoms with Gasteiger partial charge >= 0.3 is 5.97 Å². The quantitative estimate of drug-likeness (QED) is 0.521. The van der Waals surface area contributed by atoms with Gasteiger partial charge in [-0.05, 0) is 45.0 Å². The highest BCUT2D eigenvalue weighted by Gasteiger charge is 2.80. The van der Waals surface area contributed by atoms with E-state index in [1.807, 2.05) is 12.1 Å². The van der Waals surface area contributed by atoms with Gasteiger partial charge in [0.15, 0.2) is 0 Å². The highest BCUT2D eigenvalue weighted by Crippen LogP contribution is 2.80. The van der Waals surface area contributed by atoms with E-state index in [0.717, 1.165) is 4.47 Å². The molecule has 1 saturated carbocycles. The van der Waals surface area contributed by atoms with E-state index >= 15 is 0 Å². The molecule has 2 nitrogen and oxygen atoms in total. The number of hydrogen-bond acceptors (Lipinski definition) is 2. The SMILES string of the molecule is CC1=C(C)[C@]2(C)[C@H](C)[C@](C)(OC(=O)c3ccc(Br)cc3)[C@@]12C. The van der Waals surface area contributed by atoms with Gasteiger partial charge in [0, 0.05) is 21.2 Å². The van der Waals surface area contributed by atoms with Crippen molar-refractivity contribution in [3.05, 3.63) is 45.4 Å². The molecule has 118 valence electrons. The molecule has 1 fully saturated rings. The van der Waals surface area contributed by atoms with Crippen LogP contribution in [0.25, 0.3) is 0 Å². The van der Waals surface area contributed by atoms with Crippen molar-refractivity contribution in [2.75, 3.05) is 0 Å². The molecular formula is C19H23BrO2. The maximum absolute atomic E-state index is 12.6. The van der Waals surface area contributed by atoms with Crippen LogP contribution in [-0.4, -0.2) is 11.6 Å². The van der Waals surface area contributed by atoms with Gasteiger partial charge in [-0.1, -0.05) is 47.8 Å². The van der Waals surface area contributed by atoms with Crippen LogP contribution < -0.4 is 0 Å². The van der Waals surface area contributed by atoms with Crippen LogP contribution in [0.1, 0.15) is 51.9 Å². The Labute approximate surface area is 141 Å². The van der Waals surface area contributed by atoms with Crippen molar-refractivity contribution in [3.63, 3.8) is 0 Å². The maximum Gasteiger partial charge on any atom is 0.338 e. The van der Waals surface area contributed by atoms with Crippen LogP contribution in [0.3, 0.4) is 0 Å². The van der Waals surface area contributed by atoms with Gasteiger partial charge in [-0.25, -0.2) is 4.79 Å². The van der Waals surface area contributed by atoms with Gasteiger partial charge in [0.2, 0.25) is 0 Å². The van der Waals surface area contributed by atoms with Crippen LogP contribution in [0, 0.1) is 16.7 Å². The molecule has 4 atom stereocenters. The molecule has 0 spiro atoms. The molecule has 2 aliphatic carbocycles. The molecule has 1 aromatic rings. The smallest absolute Gasteiger partial charge is 0.338 e. The summed E-state index contributed by atoms with van der Waals surface area (Å²) in [5.41, 5.74) is 3.07. The Kier molecular flexibility index (Phi) is 3.21. The Bertz CT molecular complexity index is 690. The summed E-state index contributed by atoms with van der Waals surface area (Å²) in [6.45, 7) is 13.2. The summed E-state index contributed by atoms with van der Waals surface area (Å²) in [4.78, 5) is 12.6. The Morgan fingerprint density at radius 3 is 2.18 bits per heavy atom. The van der Waals surface area contributed by atoms with Crippen molar-refractivity contribution in [3.8, 4) is 0 Å². The predicted octanol–water partition coefficient (Wildman–Crippen LogP) is 5.38. The predicted molar refractivity (Wildman–Crippen MR) is 91.7 cm³/mol. The van der Waals surface area contributed by atoms with Gasteiger partial charge in [0.05, 0.1) is 5.56 Å². The van der Waals surface area contributed by atoms with Crippen molar-refractivity contribution < 1.29 is 9.53 Å². The van der Waals surface area contributed by atoms with E-state index in [9.17, 15) is 4.79 Å². The van der Waals surface area contributed by atoms with E-state index in [0.29, 0.717) is 11.5 Å². The third-order valence-corrected chi connectivity index (χ3v) is 7.73. The second kappa shape index (κ2) is 4.47. The fraction of sp³-hybridized carbons (Fsp3) is 0.526. The summed E-state index contributed by atoms with van der Waals surface area (Å²) < 4.78 is 7.00. The maximum atomic E-state index is 12.6. The molecule has 0 radical (unpaired) electrons. The first-order valence-corrected chi connectivity index (χ1v) is 8.57. The number of allylic oxidation sites excluding steroid dienone is 1. The molecular weight excluding hydrogens is 340 g/mol. The van der Waals surface area contributed by atoms with Crippen molar-refractivity contribution in [1.82, 2.24) is 0 Å². The van der Waals surface area contributed by atoms with E-state index in [-0.39, 0.29) is 16.8 Å². The fourth-order valence-electron chi connectivity index (χ4n) is 5.05. The topological polar surface area (TPSA) is 26.3 Å². The normalized spacial score (nSPS) is 39.7. The van der Waals surface area contributed by atoms with Crippen LogP contribution in [-0.2, 0) is 4.74 Å². The molecule has 0 N–H and O–H groups in total. The molecule has 0 saturated heterocycles. The monoisotopic (exact) mass is 362 g/mol. The van der Waals surface area contributed by atoms with Gasteiger partial charge in [0.1, 0.15) is 5.60 Å². The Morgan fingerprint density at radius 2 is 1.64 bits per heavy atom. The number of carbonyl (C=O) groups excluding carboxylic acids is 1. The zero-order chi connectivity index (χ0) is 16.5. The summed E-state index contributed by atoms with van der Waals surface area (Å²) in [7, 11) is 0. The van der Waals surface area contributed by atoms with Crippen molar-refractivity contribution in [2.24, 2.45) is 16.7 Å². The summed E-state index contributed by atoms with van der Waals surface area (Å²) in [5, 5.41) is 0. The minimum atomic E-state index is -0.449. The molecule has 1 aromatic carbocycles. The number of rotatable bonds is 2. The Hall–Kier alpha value is -1.09. The summed E-state index contributed by atoms with van der Waals surface area (Å²) in [6, 6.07) is 7.34. The van der Waals surface area contributed by atoms with Gasteiger partial charge in [-0.2, -0.15) is 0 Å². The number of hydrogen-bond donors (Lipinski definition) is 0. The molecule has 0 amide bonds. The van der Waals surface area contributed by atoms with Crippen LogP contribution in [0.2, 0.25) is 0 Å². The van der Waals surface area contributed by atoms with Gasteiger partial charge in [-0.15, -0.1) is 0 Å². The first-order valence-electron chi connectivity index (χ1n) is 7.78. The minimum absolute atomic E-state index is 0.0610. The van der Waals surface area contributed by atoms with Crippen LogP contribution in [0.15, 0.2) is 39.9 Å². The van der Waals surface area contributed by atoms with E-state index in [4.69, 9.17) is 4.74 Å². The number of fused-ring (bicyclic) bond motifs is 1. The van der Waals surface area contributed by atoms with Gasteiger partial charge < -0.3 is 4.74 Å². The van der Waals surface area contributed by atoms with Crippen LogP contribution in [0.4, 0.5) is 0 Å². The Balaban J connectivity index is 1.90. The fourth-order valence-corrected chi connectivity index (χ4v) is 5.31. The lowest BCUT2D eigenvalue weighted by molar-refractivity contribution is -0.276. The highest BCUT2D eigenvalue weighted by molar-refractivity contribution is 9.10. The summed E-state index contributed by atoms with van der Waals surface area (Å²) in [6.07, 6.45) is 0. The summed E-state index contributed by atoms with van der Waals surface area (Å²) in [5.74, 6) is 0.0792. The van der Waals surface area contributed by atoms with E-state index in [2.05, 4.69) is 57.5 Å². The van der Waals surface area contributed by atoms with E-state index < -0.39 is 5.60 Å². The van der Waals surface area contributed by atoms with Crippen LogP contribution in [0.5, 0.6) is 0 Å². The van der Waals surface area contributed by atoms with Crippen molar-refractivity contribution >= 4 is 21.9 Å². The first-order chi connectivity index (χ1) is 10.1. The average molecular weight is 363 g/mol. The molecule has 0 heterocycles. The average Bonchev–Trinajstić information content (AvgIpc) is 2.51. The molecule has 0 bridgehead atoms. The van der Waals surface area contributed by atoms with E-state index in [1.165, 1.54) is 11.1 Å². The molecule has 0 aromatic heterocycles. The lowest BCUT2D eigenvalue weighted by Gasteiger charge is -2.78. The van der Waals surface area contributed by atoms with E-state index in [1.54, 1.807) is 12.1 Å². The first kappa shape index (κ1) is 15.8. The molecule has 0 unspecified atom stereocenters. The zero-order valence-electron chi connectivity index (χ0n) is 14.1. The molecule has 3 rings (SSSR count). The third-order valence-electron chi connectivity index (χ3n) is 7.20. The lowest BCUT2D eigenvalue weighted by Crippen LogP contribution is -2.79. The molecule has 0 aliphatic heterocycles. The standard InChI is InChI=1S/C19H23BrO2/c1-11-12(2)18(5)17(11,4)13(3)19(18,6)22-16(21)14-7-9-15(20)10-8-14/h7-10,13H,1-6H3/t13-,17+,18-,19-/m0/s1. The van der Waals surface area contributed by atoms with Crippen molar-refractivity contribution in [1.29, 1.82) is 0 Å². The lowest BCUT2D eigenvalue weighted by atomic mass is 9.27. The molecule has 2 aliphatic rings. The molecule has 22 heavy (non-hydrogen) atoms.